The van der Waals surface area contributed by atoms with Crippen molar-refractivity contribution in [2.45, 2.75) is 6.18 Å². The fourth-order valence-electron chi connectivity index (χ4n) is 2.07. The molecule has 0 amide bonds. The maximum Gasteiger partial charge on any atom is 0.431 e. The first-order valence-corrected chi connectivity index (χ1v) is 5.87. The summed E-state index contributed by atoms with van der Waals surface area (Å²) in [4.78, 5) is 3.95. The van der Waals surface area contributed by atoms with Crippen LogP contribution < -0.4 is 0 Å². The number of rotatable bonds is 1. The molecular weight excluding hydrogens is 291 g/mol. The maximum atomic E-state index is 13.7. The third-order valence-corrected chi connectivity index (χ3v) is 2.99. The lowest BCUT2D eigenvalue weighted by molar-refractivity contribution is -0.142. The highest BCUT2D eigenvalue weighted by Gasteiger charge is 2.33. The van der Waals surface area contributed by atoms with Gasteiger partial charge in [-0.05, 0) is 24.3 Å². The van der Waals surface area contributed by atoms with Crippen LogP contribution in [0.15, 0.2) is 42.6 Å². The van der Waals surface area contributed by atoms with Gasteiger partial charge in [-0.1, -0.05) is 6.07 Å². The largest absolute Gasteiger partial charge is 0.431 e. The van der Waals surface area contributed by atoms with Gasteiger partial charge in [0.25, 0.3) is 0 Å². The van der Waals surface area contributed by atoms with Crippen LogP contribution in [0.3, 0.4) is 0 Å². The van der Waals surface area contributed by atoms with Gasteiger partial charge < -0.3 is 0 Å². The third-order valence-electron chi connectivity index (χ3n) is 2.99. The molecule has 0 atom stereocenters. The summed E-state index contributed by atoms with van der Waals surface area (Å²) < 4.78 is 66.1. The number of alkyl halides is 3. The van der Waals surface area contributed by atoms with Gasteiger partial charge in [0.2, 0.25) is 0 Å². The lowest BCUT2D eigenvalue weighted by Gasteiger charge is -2.08. The molecule has 0 bridgehead atoms. The first kappa shape index (κ1) is 13.5. The highest BCUT2D eigenvalue weighted by Crippen LogP contribution is 2.31. The van der Waals surface area contributed by atoms with Crippen LogP contribution in [0.25, 0.3) is 16.9 Å². The van der Waals surface area contributed by atoms with Gasteiger partial charge in [-0.15, -0.1) is 0 Å². The van der Waals surface area contributed by atoms with Crippen molar-refractivity contribution in [3.8, 4) is 11.3 Å². The standard InChI is InChI=1S/C14H7F5N2/c15-8-4-5-9(10(16)6-8)11-7-21-12(14(17,18)19)2-1-3-13(21)20-11/h1-7H. The zero-order chi connectivity index (χ0) is 15.2. The Morgan fingerprint density at radius 3 is 2.43 bits per heavy atom. The van der Waals surface area contributed by atoms with Gasteiger partial charge in [0.1, 0.15) is 23.0 Å². The monoisotopic (exact) mass is 298 g/mol. The number of nitrogens with zero attached hydrogens (tertiary/aromatic N) is 2. The summed E-state index contributed by atoms with van der Waals surface area (Å²) in [6, 6.07) is 6.31. The maximum absolute atomic E-state index is 13.7. The Hall–Kier alpha value is -2.44. The topological polar surface area (TPSA) is 17.3 Å². The van der Waals surface area contributed by atoms with Crippen molar-refractivity contribution in [1.82, 2.24) is 9.38 Å². The molecule has 0 aliphatic heterocycles. The molecule has 1 aromatic carbocycles. The number of fused-ring (bicyclic) bond motifs is 1. The molecule has 0 unspecified atom stereocenters. The van der Waals surface area contributed by atoms with Crippen LogP contribution in [0.1, 0.15) is 5.69 Å². The van der Waals surface area contributed by atoms with Crippen LogP contribution >= 0.6 is 0 Å². The molecule has 108 valence electrons. The van der Waals surface area contributed by atoms with E-state index in [0.29, 0.717) is 6.07 Å². The minimum Gasteiger partial charge on any atom is -0.295 e. The molecule has 0 aliphatic carbocycles. The van der Waals surface area contributed by atoms with Crippen molar-refractivity contribution in [2.24, 2.45) is 0 Å². The van der Waals surface area contributed by atoms with E-state index in [1.54, 1.807) is 0 Å². The lowest BCUT2D eigenvalue weighted by Crippen LogP contribution is -2.10. The fourth-order valence-corrected chi connectivity index (χ4v) is 2.07. The summed E-state index contributed by atoms with van der Waals surface area (Å²) in [5.74, 6) is -1.65. The van der Waals surface area contributed by atoms with E-state index in [-0.39, 0.29) is 16.9 Å². The molecule has 0 fully saturated rings. The first-order valence-electron chi connectivity index (χ1n) is 5.87. The Morgan fingerprint density at radius 2 is 1.76 bits per heavy atom. The molecule has 0 saturated heterocycles. The molecule has 0 aliphatic rings. The number of imidazole rings is 1. The van der Waals surface area contributed by atoms with Crippen molar-refractivity contribution in [1.29, 1.82) is 0 Å². The van der Waals surface area contributed by atoms with Gasteiger partial charge in [-0.2, -0.15) is 13.2 Å². The van der Waals surface area contributed by atoms with Crippen molar-refractivity contribution in [3.05, 3.63) is 59.9 Å². The predicted molar refractivity (Wildman–Crippen MR) is 65.5 cm³/mol. The SMILES string of the molecule is Fc1ccc(-c2cn3c(C(F)(F)F)cccc3n2)c(F)c1. The zero-order valence-electron chi connectivity index (χ0n) is 10.3. The molecule has 7 heteroatoms. The average molecular weight is 298 g/mol. The van der Waals surface area contributed by atoms with Gasteiger partial charge in [0.05, 0.1) is 5.69 Å². The van der Waals surface area contributed by atoms with Gasteiger partial charge in [0.15, 0.2) is 0 Å². The molecule has 2 nitrogen and oxygen atoms in total. The Morgan fingerprint density at radius 1 is 1.00 bits per heavy atom. The molecule has 2 heterocycles. The summed E-state index contributed by atoms with van der Waals surface area (Å²) in [5, 5.41) is 0. The van der Waals surface area contributed by atoms with E-state index in [9.17, 15) is 22.0 Å². The molecule has 21 heavy (non-hydrogen) atoms. The Kier molecular flexibility index (Phi) is 2.93. The van der Waals surface area contributed by atoms with Crippen molar-refractivity contribution in [3.63, 3.8) is 0 Å². The summed E-state index contributed by atoms with van der Waals surface area (Å²) in [7, 11) is 0. The van der Waals surface area contributed by atoms with Gasteiger partial charge >= 0.3 is 6.18 Å². The molecule has 2 aromatic heterocycles. The van der Waals surface area contributed by atoms with Gasteiger partial charge in [-0.3, -0.25) is 4.40 Å². The van der Waals surface area contributed by atoms with Crippen LogP contribution in [0, 0.1) is 11.6 Å². The Labute approximate surface area is 115 Å². The summed E-state index contributed by atoms with van der Waals surface area (Å²) in [6.07, 6.45) is -3.48. The highest BCUT2D eigenvalue weighted by molar-refractivity contribution is 5.63. The van der Waals surface area contributed by atoms with Crippen LogP contribution in [-0.2, 0) is 6.18 Å². The molecule has 3 aromatic rings. The van der Waals surface area contributed by atoms with Crippen LogP contribution in [0.4, 0.5) is 22.0 Å². The summed E-state index contributed by atoms with van der Waals surface area (Å²) in [6.45, 7) is 0. The van der Waals surface area contributed by atoms with E-state index < -0.39 is 23.5 Å². The van der Waals surface area contributed by atoms with Crippen LogP contribution in [0.5, 0.6) is 0 Å². The smallest absolute Gasteiger partial charge is 0.295 e. The molecule has 3 rings (SSSR count). The van der Waals surface area contributed by atoms with E-state index in [0.717, 1.165) is 28.8 Å². The number of pyridine rings is 1. The molecule has 0 radical (unpaired) electrons. The van der Waals surface area contributed by atoms with Crippen LogP contribution in [0.2, 0.25) is 0 Å². The average Bonchev–Trinajstić information content (AvgIpc) is 2.80. The van der Waals surface area contributed by atoms with E-state index >= 15 is 0 Å². The first-order chi connectivity index (χ1) is 9.86. The quantitative estimate of drug-likeness (QED) is 0.612. The second-order valence-electron chi connectivity index (χ2n) is 4.39. The van der Waals surface area contributed by atoms with Gasteiger partial charge in [-0.25, -0.2) is 13.8 Å². The predicted octanol–water partition coefficient (Wildman–Crippen LogP) is 4.30. The fraction of sp³-hybridized carbons (Fsp3) is 0.0714. The minimum absolute atomic E-state index is 0.00389. The number of benzene rings is 1. The highest BCUT2D eigenvalue weighted by atomic mass is 19.4. The number of hydrogen-bond donors (Lipinski definition) is 0. The number of hydrogen-bond acceptors (Lipinski definition) is 1. The summed E-state index contributed by atoms with van der Waals surface area (Å²) in [5.41, 5.74) is -0.942. The molecule has 0 saturated carbocycles. The van der Waals surface area contributed by atoms with E-state index in [4.69, 9.17) is 0 Å². The number of halogens is 5. The lowest BCUT2D eigenvalue weighted by atomic mass is 10.1. The van der Waals surface area contributed by atoms with Gasteiger partial charge in [0, 0.05) is 17.8 Å². The zero-order valence-corrected chi connectivity index (χ0v) is 10.3. The van der Waals surface area contributed by atoms with Crippen molar-refractivity contribution in [2.75, 3.05) is 0 Å². The summed E-state index contributed by atoms with van der Waals surface area (Å²) >= 11 is 0. The Balaban J connectivity index is 2.22. The van der Waals surface area contributed by atoms with Crippen molar-refractivity contribution < 1.29 is 22.0 Å². The normalized spacial score (nSPS) is 12.0. The Bertz CT molecular complexity index is 820. The van der Waals surface area contributed by atoms with Crippen LogP contribution in [-0.4, -0.2) is 9.38 Å². The van der Waals surface area contributed by atoms with Crippen molar-refractivity contribution >= 4 is 5.65 Å². The third kappa shape index (κ3) is 2.35. The molecule has 0 spiro atoms. The minimum atomic E-state index is -4.56. The van der Waals surface area contributed by atoms with E-state index in [1.807, 2.05) is 0 Å². The second-order valence-corrected chi connectivity index (χ2v) is 4.39. The van der Waals surface area contributed by atoms with E-state index in [1.165, 1.54) is 12.1 Å². The van der Waals surface area contributed by atoms with E-state index in [2.05, 4.69) is 4.98 Å². The molecule has 0 N–H and O–H groups in total. The molecular formula is C14H7F5N2. The second kappa shape index (κ2) is 4.54. The number of aromatic nitrogens is 2.